The van der Waals surface area contributed by atoms with E-state index in [1.807, 2.05) is 0 Å². The zero-order valence-electron chi connectivity index (χ0n) is 16.0. The van der Waals surface area contributed by atoms with Gasteiger partial charge in [0.25, 0.3) is 0 Å². The molecule has 1 unspecified atom stereocenters. The number of rotatable bonds is 1. The van der Waals surface area contributed by atoms with E-state index in [1.54, 1.807) is 11.1 Å². The lowest BCUT2D eigenvalue weighted by atomic mass is 9.83. The largest absolute Gasteiger partial charge is 0.0651 e. The maximum Gasteiger partial charge on any atom is -0.00701 e. The Morgan fingerprint density at radius 1 is 0.880 bits per heavy atom. The molecule has 1 saturated carbocycles. The van der Waals surface area contributed by atoms with Crippen molar-refractivity contribution in [1.29, 1.82) is 0 Å². The predicted octanol–water partition coefficient (Wildman–Crippen LogP) is 7.47. The van der Waals surface area contributed by atoms with E-state index in [0.717, 1.165) is 5.92 Å². The normalized spacial score (nSPS) is 22.9. The van der Waals surface area contributed by atoms with Gasteiger partial charge in [-0.15, -0.1) is 0 Å². The first-order chi connectivity index (χ1) is 12.2. The Labute approximate surface area is 153 Å². The van der Waals surface area contributed by atoms with E-state index in [2.05, 4.69) is 57.2 Å². The number of allylic oxidation sites excluding steroid dienone is 1. The summed E-state index contributed by atoms with van der Waals surface area (Å²) in [4.78, 5) is 0. The molecule has 0 bridgehead atoms. The topological polar surface area (TPSA) is 0 Å². The van der Waals surface area contributed by atoms with Gasteiger partial charge in [0.05, 0.1) is 0 Å². The van der Waals surface area contributed by atoms with E-state index in [0.29, 0.717) is 0 Å². The van der Waals surface area contributed by atoms with Crippen molar-refractivity contribution in [2.24, 2.45) is 5.92 Å². The third kappa shape index (κ3) is 2.97. The Hall–Kier alpha value is -1.82. The van der Waals surface area contributed by atoms with Crippen molar-refractivity contribution in [3.05, 3.63) is 64.2 Å². The maximum atomic E-state index is 2.42. The molecule has 2 aromatic rings. The van der Waals surface area contributed by atoms with E-state index in [9.17, 15) is 0 Å². The highest BCUT2D eigenvalue weighted by Gasteiger charge is 2.27. The standard InChI is InChI=1S/C25H30/c1-4-19-9-5-6-10-20(14-13-19)25-23-16-17(2)12-15-21(23)22-11-7-8-18(3)24(22)25/h7-8,11-12,15-16,19H,4-6,9-10,13-14H2,1-3H3/b25-20-. The molecular weight excluding hydrogens is 300 g/mol. The van der Waals surface area contributed by atoms with Crippen LogP contribution in [0.1, 0.15) is 74.1 Å². The van der Waals surface area contributed by atoms with Crippen LogP contribution in [0.15, 0.2) is 42.0 Å². The third-order valence-corrected chi connectivity index (χ3v) is 6.38. The van der Waals surface area contributed by atoms with Crippen LogP contribution in [0.4, 0.5) is 0 Å². The van der Waals surface area contributed by atoms with Gasteiger partial charge < -0.3 is 0 Å². The Morgan fingerprint density at radius 2 is 1.76 bits per heavy atom. The molecule has 1 atom stereocenters. The molecule has 0 heteroatoms. The second-order valence-corrected chi connectivity index (χ2v) is 8.08. The molecule has 2 aliphatic carbocycles. The quantitative estimate of drug-likeness (QED) is 0.434. The van der Waals surface area contributed by atoms with Crippen LogP contribution < -0.4 is 0 Å². The zero-order chi connectivity index (χ0) is 17.4. The van der Waals surface area contributed by atoms with Gasteiger partial charge in [0.2, 0.25) is 0 Å². The lowest BCUT2D eigenvalue weighted by Crippen LogP contribution is -2.05. The number of aryl methyl sites for hydroxylation is 2. The fourth-order valence-corrected chi connectivity index (χ4v) is 4.90. The molecule has 4 rings (SSSR count). The molecule has 0 aliphatic heterocycles. The van der Waals surface area contributed by atoms with Crippen molar-refractivity contribution in [2.45, 2.75) is 65.7 Å². The van der Waals surface area contributed by atoms with E-state index >= 15 is 0 Å². The summed E-state index contributed by atoms with van der Waals surface area (Å²) in [5.74, 6) is 0.922. The molecule has 2 aromatic carbocycles. The van der Waals surface area contributed by atoms with Crippen molar-refractivity contribution < 1.29 is 0 Å². The van der Waals surface area contributed by atoms with Gasteiger partial charge in [-0.3, -0.25) is 0 Å². The molecule has 0 amide bonds. The average Bonchev–Trinajstić information content (AvgIpc) is 2.90. The summed E-state index contributed by atoms with van der Waals surface area (Å²) in [6.45, 7) is 6.88. The highest BCUT2D eigenvalue weighted by atomic mass is 14.3. The summed E-state index contributed by atoms with van der Waals surface area (Å²) in [5.41, 5.74) is 12.0. The number of hydrogen-bond acceptors (Lipinski definition) is 0. The predicted molar refractivity (Wildman–Crippen MR) is 109 cm³/mol. The van der Waals surface area contributed by atoms with Crippen molar-refractivity contribution in [1.82, 2.24) is 0 Å². The highest BCUT2D eigenvalue weighted by molar-refractivity contribution is 6.03. The first-order valence-electron chi connectivity index (χ1n) is 10.1. The smallest absolute Gasteiger partial charge is 0.00701 e. The second kappa shape index (κ2) is 6.83. The lowest BCUT2D eigenvalue weighted by Gasteiger charge is -2.22. The van der Waals surface area contributed by atoms with Crippen LogP contribution in [0.3, 0.4) is 0 Å². The average molecular weight is 331 g/mol. The summed E-state index contributed by atoms with van der Waals surface area (Å²) in [5, 5.41) is 0. The summed E-state index contributed by atoms with van der Waals surface area (Å²) in [6.07, 6.45) is 9.48. The first kappa shape index (κ1) is 16.6. The van der Waals surface area contributed by atoms with Crippen LogP contribution in [0.2, 0.25) is 0 Å². The molecule has 0 spiro atoms. The molecule has 2 aliphatic rings. The van der Waals surface area contributed by atoms with Crippen molar-refractivity contribution in [2.75, 3.05) is 0 Å². The fraction of sp³-hybridized carbons (Fsp3) is 0.440. The van der Waals surface area contributed by atoms with Gasteiger partial charge in [-0.2, -0.15) is 0 Å². The van der Waals surface area contributed by atoms with Gasteiger partial charge >= 0.3 is 0 Å². The number of hydrogen-bond donors (Lipinski definition) is 0. The minimum absolute atomic E-state index is 0.922. The van der Waals surface area contributed by atoms with E-state index < -0.39 is 0 Å². The first-order valence-corrected chi connectivity index (χ1v) is 10.1. The summed E-state index contributed by atoms with van der Waals surface area (Å²) in [7, 11) is 0. The van der Waals surface area contributed by atoms with Gasteiger partial charge in [-0.1, -0.05) is 73.7 Å². The zero-order valence-corrected chi connectivity index (χ0v) is 16.0. The fourth-order valence-electron chi connectivity index (χ4n) is 4.90. The van der Waals surface area contributed by atoms with Gasteiger partial charge in [0.15, 0.2) is 0 Å². The molecule has 0 radical (unpaired) electrons. The minimum atomic E-state index is 0.922. The Kier molecular flexibility index (Phi) is 4.54. The van der Waals surface area contributed by atoms with E-state index in [4.69, 9.17) is 0 Å². The maximum absolute atomic E-state index is 2.42. The van der Waals surface area contributed by atoms with Crippen molar-refractivity contribution in [3.63, 3.8) is 0 Å². The molecule has 0 N–H and O–H groups in total. The molecule has 130 valence electrons. The van der Waals surface area contributed by atoms with Gasteiger partial charge in [-0.25, -0.2) is 0 Å². The van der Waals surface area contributed by atoms with Gasteiger partial charge in [-0.05, 0) is 78.8 Å². The van der Waals surface area contributed by atoms with Crippen LogP contribution in [-0.2, 0) is 0 Å². The van der Waals surface area contributed by atoms with Crippen molar-refractivity contribution in [3.8, 4) is 11.1 Å². The summed E-state index contributed by atoms with van der Waals surface area (Å²) >= 11 is 0. The van der Waals surface area contributed by atoms with Gasteiger partial charge in [0, 0.05) is 0 Å². The van der Waals surface area contributed by atoms with Crippen LogP contribution in [0.25, 0.3) is 16.7 Å². The number of benzene rings is 2. The molecule has 1 fully saturated rings. The molecule has 0 saturated heterocycles. The SMILES string of the molecule is CCC1CCCC/C(=C2\c3cc(C)ccc3-c3cccc(C)c32)CC1. The molecule has 0 aromatic heterocycles. The van der Waals surface area contributed by atoms with E-state index in [-0.39, 0.29) is 0 Å². The molecular formula is C25H30. The van der Waals surface area contributed by atoms with Gasteiger partial charge in [0.1, 0.15) is 0 Å². The Morgan fingerprint density at radius 3 is 2.60 bits per heavy atom. The molecule has 0 heterocycles. The second-order valence-electron chi connectivity index (χ2n) is 8.08. The molecule has 25 heavy (non-hydrogen) atoms. The minimum Gasteiger partial charge on any atom is -0.0651 e. The van der Waals surface area contributed by atoms with Crippen LogP contribution in [0.5, 0.6) is 0 Å². The third-order valence-electron chi connectivity index (χ3n) is 6.38. The molecule has 0 nitrogen and oxygen atoms in total. The number of fused-ring (bicyclic) bond motifs is 3. The van der Waals surface area contributed by atoms with E-state index in [1.165, 1.54) is 78.3 Å². The van der Waals surface area contributed by atoms with Crippen molar-refractivity contribution >= 4 is 5.57 Å². The Balaban J connectivity index is 1.90. The van der Waals surface area contributed by atoms with Crippen LogP contribution in [-0.4, -0.2) is 0 Å². The summed E-state index contributed by atoms with van der Waals surface area (Å²) in [6, 6.07) is 13.9. The van der Waals surface area contributed by atoms with Crippen LogP contribution in [0, 0.1) is 19.8 Å². The Bertz CT molecular complexity index is 822. The highest BCUT2D eigenvalue weighted by Crippen LogP contribution is 2.49. The lowest BCUT2D eigenvalue weighted by molar-refractivity contribution is 0.399. The monoisotopic (exact) mass is 330 g/mol. The van der Waals surface area contributed by atoms with Crippen LogP contribution >= 0.6 is 0 Å². The summed E-state index contributed by atoms with van der Waals surface area (Å²) < 4.78 is 0.